The fourth-order valence-corrected chi connectivity index (χ4v) is 4.31. The van der Waals surface area contributed by atoms with Crippen molar-refractivity contribution < 1.29 is 19.1 Å². The van der Waals surface area contributed by atoms with E-state index in [0.29, 0.717) is 32.1 Å². The number of amides is 2. The molecule has 2 atom stereocenters. The Bertz CT molecular complexity index is 601. The molecule has 130 valence electrons. The molecule has 2 fully saturated rings. The number of nitrogens with zero attached hydrogens (tertiary/aromatic N) is 2. The number of thioether (sulfide) groups is 1. The molecular formula is C17H22N2O4S. The number of morpholine rings is 1. The highest BCUT2D eigenvalue weighted by Gasteiger charge is 2.40. The molecule has 0 aromatic heterocycles. The van der Waals surface area contributed by atoms with Gasteiger partial charge >= 0.3 is 0 Å². The van der Waals surface area contributed by atoms with Crippen LogP contribution in [0.1, 0.15) is 17.9 Å². The van der Waals surface area contributed by atoms with E-state index in [1.807, 2.05) is 31.2 Å². The molecule has 0 N–H and O–H groups in total. The number of carbonyl (C=O) groups is 2. The summed E-state index contributed by atoms with van der Waals surface area (Å²) in [7, 11) is 1.62. The van der Waals surface area contributed by atoms with Gasteiger partial charge in [-0.25, -0.2) is 0 Å². The summed E-state index contributed by atoms with van der Waals surface area (Å²) in [5, 5.41) is -0.136. The average Bonchev–Trinajstić information content (AvgIpc) is 3.02. The van der Waals surface area contributed by atoms with Crippen molar-refractivity contribution in [3.63, 3.8) is 0 Å². The van der Waals surface area contributed by atoms with Gasteiger partial charge in [0, 0.05) is 13.1 Å². The number of hydrogen-bond acceptors (Lipinski definition) is 5. The largest absolute Gasteiger partial charge is 0.497 e. The van der Waals surface area contributed by atoms with Crippen LogP contribution >= 0.6 is 11.8 Å². The average molecular weight is 350 g/mol. The molecule has 2 aliphatic rings. The van der Waals surface area contributed by atoms with E-state index in [4.69, 9.17) is 9.47 Å². The quantitative estimate of drug-likeness (QED) is 0.824. The summed E-state index contributed by atoms with van der Waals surface area (Å²) in [4.78, 5) is 28.6. The lowest BCUT2D eigenvalue weighted by Gasteiger charge is -2.35. The Labute approximate surface area is 146 Å². The lowest BCUT2D eigenvalue weighted by Crippen LogP contribution is -2.51. The van der Waals surface area contributed by atoms with Gasteiger partial charge in [0.2, 0.25) is 11.8 Å². The first-order valence-electron chi connectivity index (χ1n) is 8.05. The van der Waals surface area contributed by atoms with E-state index < -0.39 is 6.04 Å². The number of ether oxygens (including phenoxy) is 2. The fourth-order valence-electron chi connectivity index (χ4n) is 3.05. The van der Waals surface area contributed by atoms with Gasteiger partial charge in [-0.3, -0.25) is 9.59 Å². The van der Waals surface area contributed by atoms with Crippen LogP contribution in [0.3, 0.4) is 0 Å². The number of carbonyl (C=O) groups excluding carboxylic acids is 2. The van der Waals surface area contributed by atoms with E-state index in [-0.39, 0.29) is 17.2 Å². The summed E-state index contributed by atoms with van der Waals surface area (Å²) in [5.41, 5.74) is 1.01. The number of methoxy groups -OCH3 is 1. The van der Waals surface area contributed by atoms with Gasteiger partial charge in [-0.05, 0) is 24.6 Å². The molecule has 0 unspecified atom stereocenters. The molecule has 2 heterocycles. The minimum atomic E-state index is -0.474. The van der Waals surface area contributed by atoms with Crippen LogP contribution in [0.5, 0.6) is 5.75 Å². The molecule has 0 bridgehead atoms. The summed E-state index contributed by atoms with van der Waals surface area (Å²) >= 11 is 1.56. The third kappa shape index (κ3) is 3.37. The molecule has 0 saturated carbocycles. The Morgan fingerprint density at radius 2 is 1.96 bits per heavy atom. The van der Waals surface area contributed by atoms with Gasteiger partial charge in [0.25, 0.3) is 0 Å². The number of benzene rings is 1. The van der Waals surface area contributed by atoms with Crippen LogP contribution in [-0.4, -0.2) is 66.8 Å². The first kappa shape index (κ1) is 17.1. The van der Waals surface area contributed by atoms with E-state index in [2.05, 4.69) is 0 Å². The lowest BCUT2D eigenvalue weighted by molar-refractivity contribution is -0.146. The molecule has 0 radical (unpaired) electrons. The highest BCUT2D eigenvalue weighted by atomic mass is 32.2. The maximum atomic E-state index is 12.8. The molecule has 2 saturated heterocycles. The van der Waals surface area contributed by atoms with Crippen LogP contribution in [0.15, 0.2) is 24.3 Å². The summed E-state index contributed by atoms with van der Waals surface area (Å²) in [6.45, 7) is 4.11. The molecular weight excluding hydrogens is 328 g/mol. The minimum absolute atomic E-state index is 0.00679. The van der Waals surface area contributed by atoms with E-state index >= 15 is 0 Å². The topological polar surface area (TPSA) is 59.1 Å². The summed E-state index contributed by atoms with van der Waals surface area (Å²) in [5.74, 6) is 1.18. The smallest absolute Gasteiger partial charge is 0.245 e. The van der Waals surface area contributed by atoms with Crippen molar-refractivity contribution in [1.29, 1.82) is 0 Å². The summed E-state index contributed by atoms with van der Waals surface area (Å²) < 4.78 is 10.5. The Morgan fingerprint density at radius 3 is 2.58 bits per heavy atom. The predicted octanol–water partition coefficient (Wildman–Crippen LogP) is 1.52. The van der Waals surface area contributed by atoms with Crippen molar-refractivity contribution in [2.24, 2.45) is 0 Å². The van der Waals surface area contributed by atoms with Gasteiger partial charge in [0.05, 0.1) is 26.1 Å². The normalized spacial score (nSPS) is 22.6. The van der Waals surface area contributed by atoms with E-state index in [1.54, 1.807) is 28.7 Å². The first-order valence-corrected chi connectivity index (χ1v) is 9.10. The van der Waals surface area contributed by atoms with Crippen molar-refractivity contribution in [2.75, 3.05) is 39.2 Å². The van der Waals surface area contributed by atoms with Crippen molar-refractivity contribution in [3.8, 4) is 5.75 Å². The van der Waals surface area contributed by atoms with Crippen molar-refractivity contribution in [1.82, 2.24) is 9.80 Å². The molecule has 7 heteroatoms. The highest BCUT2D eigenvalue weighted by molar-refractivity contribution is 8.00. The standard InChI is InChI=1S/C17H22N2O4S/c1-12(16(21)18-7-9-23-10-8-18)19-15(20)11-24-17(19)13-3-5-14(22-2)6-4-13/h3-6,12,17H,7-11H2,1-2H3/t12-,17+/m1/s1. The maximum absolute atomic E-state index is 12.8. The van der Waals surface area contributed by atoms with Gasteiger partial charge in [-0.2, -0.15) is 0 Å². The molecule has 2 aliphatic heterocycles. The zero-order valence-corrected chi connectivity index (χ0v) is 14.8. The van der Waals surface area contributed by atoms with Gasteiger partial charge < -0.3 is 19.3 Å². The summed E-state index contributed by atoms with van der Waals surface area (Å²) in [6.07, 6.45) is 0. The monoisotopic (exact) mass is 350 g/mol. The maximum Gasteiger partial charge on any atom is 0.245 e. The van der Waals surface area contributed by atoms with E-state index in [1.165, 1.54) is 0 Å². The molecule has 3 rings (SSSR count). The number of hydrogen-bond donors (Lipinski definition) is 0. The van der Waals surface area contributed by atoms with Crippen molar-refractivity contribution in [3.05, 3.63) is 29.8 Å². The van der Waals surface area contributed by atoms with Crippen LogP contribution in [-0.2, 0) is 14.3 Å². The minimum Gasteiger partial charge on any atom is -0.497 e. The van der Waals surface area contributed by atoms with Crippen LogP contribution in [0.4, 0.5) is 0 Å². The second-order valence-corrected chi connectivity index (χ2v) is 6.92. The second-order valence-electron chi connectivity index (χ2n) is 5.85. The predicted molar refractivity (Wildman–Crippen MR) is 91.9 cm³/mol. The van der Waals surface area contributed by atoms with Crippen molar-refractivity contribution >= 4 is 23.6 Å². The van der Waals surface area contributed by atoms with Gasteiger partial charge in [-0.15, -0.1) is 11.8 Å². The third-order valence-electron chi connectivity index (χ3n) is 4.40. The molecule has 0 spiro atoms. The van der Waals surface area contributed by atoms with Gasteiger partial charge in [0.15, 0.2) is 0 Å². The second kappa shape index (κ2) is 7.44. The Kier molecular flexibility index (Phi) is 5.30. The summed E-state index contributed by atoms with van der Waals surface area (Å²) in [6, 6.07) is 7.19. The van der Waals surface area contributed by atoms with Crippen LogP contribution in [0.25, 0.3) is 0 Å². The van der Waals surface area contributed by atoms with E-state index in [0.717, 1.165) is 11.3 Å². The van der Waals surface area contributed by atoms with Crippen LogP contribution < -0.4 is 4.74 Å². The highest BCUT2D eigenvalue weighted by Crippen LogP contribution is 2.40. The molecule has 1 aromatic carbocycles. The van der Waals surface area contributed by atoms with Gasteiger partial charge in [0.1, 0.15) is 17.2 Å². The Hall–Kier alpha value is -1.73. The molecule has 0 aliphatic carbocycles. The SMILES string of the molecule is COc1ccc([C@@H]2SCC(=O)N2[C@H](C)C(=O)N2CCOCC2)cc1. The third-order valence-corrected chi connectivity index (χ3v) is 5.63. The zero-order valence-electron chi connectivity index (χ0n) is 13.9. The number of rotatable bonds is 4. The first-order chi connectivity index (χ1) is 11.6. The molecule has 2 amide bonds. The molecule has 1 aromatic rings. The Balaban J connectivity index is 1.77. The molecule has 24 heavy (non-hydrogen) atoms. The van der Waals surface area contributed by atoms with Gasteiger partial charge in [-0.1, -0.05) is 12.1 Å². The van der Waals surface area contributed by atoms with Crippen LogP contribution in [0, 0.1) is 0 Å². The molecule has 6 nitrogen and oxygen atoms in total. The zero-order chi connectivity index (χ0) is 17.1. The Morgan fingerprint density at radius 1 is 1.29 bits per heavy atom. The van der Waals surface area contributed by atoms with Crippen LogP contribution in [0.2, 0.25) is 0 Å². The van der Waals surface area contributed by atoms with E-state index in [9.17, 15) is 9.59 Å². The van der Waals surface area contributed by atoms with Crippen molar-refractivity contribution in [2.45, 2.75) is 18.3 Å². The lowest BCUT2D eigenvalue weighted by atomic mass is 10.1. The fraction of sp³-hybridized carbons (Fsp3) is 0.529.